The number of aromatic nitrogens is 2. The van der Waals surface area contributed by atoms with E-state index < -0.39 is 4.75 Å². The lowest BCUT2D eigenvalue weighted by molar-refractivity contribution is -0.145. The summed E-state index contributed by atoms with van der Waals surface area (Å²) in [5, 5.41) is 17.6. The van der Waals surface area contributed by atoms with Gasteiger partial charge in [-0.05, 0) is 79.4 Å². The topological polar surface area (TPSA) is 99.7 Å². The summed E-state index contributed by atoms with van der Waals surface area (Å²) in [6.45, 7) is 5.83. The highest BCUT2D eigenvalue weighted by Crippen LogP contribution is 2.39. The molecule has 2 aromatic carbocycles. The molecule has 0 bridgehead atoms. The number of nitrogens with zero attached hydrogens (tertiary/aromatic N) is 4. The van der Waals surface area contributed by atoms with Gasteiger partial charge in [0.15, 0.2) is 0 Å². The molecule has 6 nitrogen and oxygen atoms in total. The molecule has 0 aliphatic heterocycles. The number of thioether (sulfide) groups is 1. The summed E-state index contributed by atoms with van der Waals surface area (Å²) in [6, 6.07) is 22.8. The molecule has 0 radical (unpaired) electrons. The molecular weight excluding hydrogens is 512 g/mol. The lowest BCUT2D eigenvalue weighted by Gasteiger charge is -2.22. The van der Waals surface area contributed by atoms with Crippen molar-refractivity contribution in [3.8, 4) is 34.4 Å². The van der Waals surface area contributed by atoms with Gasteiger partial charge in [0.1, 0.15) is 4.75 Å². The number of thiol groups is 1. The van der Waals surface area contributed by atoms with Gasteiger partial charge in [-0.2, -0.15) is 10.5 Å². The van der Waals surface area contributed by atoms with Crippen LogP contribution in [0.15, 0.2) is 95.2 Å². The van der Waals surface area contributed by atoms with Crippen LogP contribution in [-0.2, 0) is 9.53 Å². The van der Waals surface area contributed by atoms with Crippen LogP contribution in [0.5, 0.6) is 0 Å². The van der Waals surface area contributed by atoms with Crippen molar-refractivity contribution >= 4 is 30.4 Å². The normalized spacial score (nSPS) is 10.4. The van der Waals surface area contributed by atoms with Gasteiger partial charge in [-0.1, -0.05) is 24.3 Å². The minimum atomic E-state index is -0.708. The summed E-state index contributed by atoms with van der Waals surface area (Å²) in [6.07, 6.45) is 6.90. The number of hydrogen-bond donors (Lipinski definition) is 1. The number of ether oxygens (including phenoxy) is 1. The fraction of sp³-hybridized carbons (Fsp3) is 0.167. The van der Waals surface area contributed by atoms with Crippen molar-refractivity contribution in [1.29, 1.82) is 10.5 Å². The minimum absolute atomic E-state index is 0.250. The molecule has 0 saturated carbocycles. The third-order valence-corrected chi connectivity index (χ3v) is 6.95. The van der Waals surface area contributed by atoms with Crippen LogP contribution in [0.3, 0.4) is 0 Å². The Bertz CT molecular complexity index is 1470. The molecule has 0 spiro atoms. The molecule has 0 amide bonds. The first kappa shape index (κ1) is 28.5. The Morgan fingerprint density at radius 3 is 1.87 bits per heavy atom. The van der Waals surface area contributed by atoms with E-state index in [-0.39, 0.29) is 5.97 Å². The first-order valence-corrected chi connectivity index (χ1v) is 13.0. The second kappa shape index (κ2) is 13.4. The Morgan fingerprint density at radius 2 is 1.37 bits per heavy atom. The van der Waals surface area contributed by atoms with Crippen LogP contribution >= 0.6 is 24.4 Å². The molecule has 0 aliphatic rings. The molecule has 4 aromatic rings. The summed E-state index contributed by atoms with van der Waals surface area (Å²) >= 11 is 5.75. The number of carbonyl (C=O) groups excluding carboxylic acids is 1. The van der Waals surface area contributed by atoms with Gasteiger partial charge < -0.3 is 4.74 Å². The van der Waals surface area contributed by atoms with E-state index in [1.165, 1.54) is 11.8 Å². The highest BCUT2D eigenvalue weighted by Gasteiger charge is 2.31. The molecule has 190 valence electrons. The average molecular weight is 539 g/mol. The molecule has 0 N–H and O–H groups in total. The van der Waals surface area contributed by atoms with Gasteiger partial charge in [0.25, 0.3) is 0 Å². The average Bonchev–Trinajstić information content (AvgIpc) is 2.94. The van der Waals surface area contributed by atoms with Crippen molar-refractivity contribution in [2.75, 3.05) is 6.61 Å². The molecule has 0 unspecified atom stereocenters. The number of nitriles is 2. The van der Waals surface area contributed by atoms with Crippen molar-refractivity contribution < 1.29 is 9.53 Å². The minimum Gasteiger partial charge on any atom is -0.465 e. The van der Waals surface area contributed by atoms with Gasteiger partial charge in [-0.15, -0.1) is 24.4 Å². The molecule has 0 fully saturated rings. The highest BCUT2D eigenvalue weighted by atomic mass is 32.2. The third-order valence-electron chi connectivity index (χ3n) is 5.37. The Kier molecular flexibility index (Phi) is 10.1. The van der Waals surface area contributed by atoms with E-state index in [4.69, 9.17) is 15.3 Å². The lowest BCUT2D eigenvalue weighted by Crippen LogP contribution is -2.30. The van der Waals surface area contributed by atoms with Crippen molar-refractivity contribution in [1.82, 2.24) is 9.97 Å². The fourth-order valence-electron chi connectivity index (χ4n) is 3.40. The summed E-state index contributed by atoms with van der Waals surface area (Å²) in [4.78, 5) is 22.0. The molecule has 38 heavy (non-hydrogen) atoms. The van der Waals surface area contributed by atoms with E-state index in [0.717, 1.165) is 32.0 Å². The van der Waals surface area contributed by atoms with Gasteiger partial charge in [0.2, 0.25) is 0 Å². The number of benzene rings is 2. The van der Waals surface area contributed by atoms with E-state index in [0.29, 0.717) is 17.7 Å². The predicted molar refractivity (Wildman–Crippen MR) is 153 cm³/mol. The molecule has 4 rings (SSSR count). The molecule has 8 heteroatoms. The summed E-state index contributed by atoms with van der Waals surface area (Å²) in [5.74, 6) is -0.250. The maximum atomic E-state index is 12.1. The summed E-state index contributed by atoms with van der Waals surface area (Å²) in [5.41, 5.74) is 5.30. The van der Waals surface area contributed by atoms with Crippen molar-refractivity contribution in [2.24, 2.45) is 0 Å². The fourth-order valence-corrected chi connectivity index (χ4v) is 4.77. The highest BCUT2D eigenvalue weighted by molar-refractivity contribution is 8.01. The Balaban J connectivity index is 0.000000230. The standard InChI is InChI=1S/C18H18N2O2S.C12H8N2S/c1-4-22-17(21)18(2,3)23-16-12-20-10-9-15(16)14-7-5-13(11-19)6-8-14;13-7-9-1-3-10(4-2-9)11-5-6-14-8-12(11)15/h5-10,12H,4H2,1-3H3;1-6,8,15H. The van der Waals surface area contributed by atoms with Crippen molar-refractivity contribution in [2.45, 2.75) is 35.3 Å². The van der Waals surface area contributed by atoms with E-state index in [2.05, 4.69) is 34.7 Å². The van der Waals surface area contributed by atoms with Gasteiger partial charge in [-0.25, -0.2) is 0 Å². The molecule has 0 saturated heterocycles. The number of rotatable bonds is 6. The van der Waals surface area contributed by atoms with Crippen LogP contribution in [-0.4, -0.2) is 27.3 Å². The zero-order valence-electron chi connectivity index (χ0n) is 21.3. The SMILES string of the molecule is CCOC(=O)C(C)(C)Sc1cnccc1-c1ccc(C#N)cc1.N#Cc1ccc(-c2ccncc2S)cc1. The monoisotopic (exact) mass is 538 g/mol. The van der Waals surface area contributed by atoms with Crippen LogP contribution in [0.4, 0.5) is 0 Å². The zero-order valence-corrected chi connectivity index (χ0v) is 23.0. The lowest BCUT2D eigenvalue weighted by atomic mass is 10.1. The van der Waals surface area contributed by atoms with Crippen LogP contribution in [0, 0.1) is 22.7 Å². The van der Waals surface area contributed by atoms with Crippen molar-refractivity contribution in [3.63, 3.8) is 0 Å². The van der Waals surface area contributed by atoms with Gasteiger partial charge in [0.05, 0.1) is 29.9 Å². The van der Waals surface area contributed by atoms with Crippen LogP contribution in [0.2, 0.25) is 0 Å². The largest absolute Gasteiger partial charge is 0.465 e. The summed E-state index contributed by atoms with van der Waals surface area (Å²) < 4.78 is 4.43. The second-order valence-corrected chi connectivity index (χ2v) is 10.6. The van der Waals surface area contributed by atoms with Gasteiger partial charge in [-0.3, -0.25) is 14.8 Å². The quantitative estimate of drug-likeness (QED) is 0.161. The third kappa shape index (κ3) is 7.45. The number of esters is 1. The van der Waals surface area contributed by atoms with Crippen LogP contribution in [0.1, 0.15) is 31.9 Å². The Labute approximate surface area is 232 Å². The number of carbonyl (C=O) groups is 1. The summed E-state index contributed by atoms with van der Waals surface area (Å²) in [7, 11) is 0. The van der Waals surface area contributed by atoms with Gasteiger partial charge >= 0.3 is 5.97 Å². The van der Waals surface area contributed by atoms with Gasteiger partial charge in [0, 0.05) is 34.6 Å². The van der Waals surface area contributed by atoms with E-state index >= 15 is 0 Å². The maximum Gasteiger partial charge on any atom is 0.321 e. The molecule has 2 aromatic heterocycles. The van der Waals surface area contributed by atoms with E-state index in [9.17, 15) is 4.79 Å². The van der Waals surface area contributed by atoms with E-state index in [1.807, 2.05) is 50.2 Å². The molecule has 0 aliphatic carbocycles. The van der Waals surface area contributed by atoms with E-state index in [1.54, 1.807) is 56.0 Å². The maximum absolute atomic E-state index is 12.1. The predicted octanol–water partition coefficient (Wildman–Crippen LogP) is 6.96. The Morgan fingerprint density at radius 1 is 0.868 bits per heavy atom. The second-order valence-electron chi connectivity index (χ2n) is 8.48. The van der Waals surface area contributed by atoms with Crippen LogP contribution in [0.25, 0.3) is 22.3 Å². The first-order chi connectivity index (χ1) is 18.3. The molecule has 0 atom stereocenters. The number of hydrogen-bond acceptors (Lipinski definition) is 8. The van der Waals surface area contributed by atoms with Crippen LogP contribution < -0.4 is 0 Å². The smallest absolute Gasteiger partial charge is 0.321 e. The Hall–Kier alpha value is -4.11. The molecule has 2 heterocycles. The van der Waals surface area contributed by atoms with Crippen molar-refractivity contribution in [3.05, 3.63) is 96.6 Å². The molecular formula is C30H26N4O2S2. The zero-order chi connectivity index (χ0) is 27.5. The first-order valence-electron chi connectivity index (χ1n) is 11.7. The number of pyridine rings is 2.